The second-order valence-corrected chi connectivity index (χ2v) is 4.91. The molecule has 3 unspecified atom stereocenters. The van der Waals surface area contributed by atoms with Crippen LogP contribution in [-0.2, 0) is 0 Å². The van der Waals surface area contributed by atoms with E-state index in [-0.39, 0.29) is 23.3 Å². The van der Waals surface area contributed by atoms with E-state index in [1.807, 2.05) is 0 Å². The summed E-state index contributed by atoms with van der Waals surface area (Å²) in [5.41, 5.74) is 0.154. The first kappa shape index (κ1) is 10.8. The zero-order valence-corrected chi connectivity index (χ0v) is 9.25. The fourth-order valence-corrected chi connectivity index (χ4v) is 3.02. The standard InChI is InChI=1S/C13H13F2NO/c14-8-3-7(4-9(15)5-8)13(17)11-6-10-1-2-12(11)16-10/h3-5,10-12,16H,1-2,6H2. The lowest BCUT2D eigenvalue weighted by molar-refractivity contribution is 0.0900. The van der Waals surface area contributed by atoms with Crippen molar-refractivity contribution < 1.29 is 13.6 Å². The summed E-state index contributed by atoms with van der Waals surface area (Å²) in [6.07, 6.45) is 2.88. The molecule has 2 aliphatic rings. The van der Waals surface area contributed by atoms with Gasteiger partial charge in [-0.3, -0.25) is 4.79 Å². The Kier molecular flexibility index (Phi) is 2.47. The molecule has 2 aliphatic heterocycles. The third kappa shape index (κ3) is 1.86. The van der Waals surface area contributed by atoms with Gasteiger partial charge in [0.15, 0.2) is 5.78 Å². The molecule has 0 aromatic heterocycles. The van der Waals surface area contributed by atoms with Crippen LogP contribution in [0, 0.1) is 17.6 Å². The van der Waals surface area contributed by atoms with Crippen molar-refractivity contribution in [3.63, 3.8) is 0 Å². The maximum Gasteiger partial charge on any atom is 0.167 e. The van der Waals surface area contributed by atoms with Gasteiger partial charge in [-0.1, -0.05) is 0 Å². The predicted molar refractivity (Wildman–Crippen MR) is 58.7 cm³/mol. The van der Waals surface area contributed by atoms with Crippen molar-refractivity contribution in [2.45, 2.75) is 31.3 Å². The van der Waals surface area contributed by atoms with Crippen molar-refractivity contribution in [1.29, 1.82) is 0 Å². The maximum atomic E-state index is 13.1. The van der Waals surface area contributed by atoms with Gasteiger partial charge in [0.2, 0.25) is 0 Å². The summed E-state index contributed by atoms with van der Waals surface area (Å²) in [6.45, 7) is 0. The van der Waals surface area contributed by atoms with Crippen LogP contribution in [0.25, 0.3) is 0 Å². The molecular weight excluding hydrogens is 224 g/mol. The number of carbonyl (C=O) groups excluding carboxylic acids is 1. The van der Waals surface area contributed by atoms with Crippen LogP contribution >= 0.6 is 0 Å². The van der Waals surface area contributed by atoms with Crippen LogP contribution in [0.1, 0.15) is 29.6 Å². The lowest BCUT2D eigenvalue weighted by atomic mass is 9.84. The molecule has 3 rings (SSSR count). The van der Waals surface area contributed by atoms with E-state index in [1.165, 1.54) is 0 Å². The first-order valence-corrected chi connectivity index (χ1v) is 5.90. The van der Waals surface area contributed by atoms with Crippen molar-refractivity contribution in [2.24, 2.45) is 5.92 Å². The Labute approximate surface area is 98.0 Å². The average molecular weight is 237 g/mol. The summed E-state index contributed by atoms with van der Waals surface area (Å²) in [5.74, 6) is -1.63. The molecule has 2 saturated heterocycles. The molecule has 1 aromatic carbocycles. The van der Waals surface area contributed by atoms with Crippen LogP contribution < -0.4 is 5.32 Å². The van der Waals surface area contributed by atoms with Crippen LogP contribution in [-0.4, -0.2) is 17.9 Å². The minimum atomic E-state index is -0.690. The normalized spacial score (nSPS) is 30.8. The van der Waals surface area contributed by atoms with Crippen molar-refractivity contribution in [1.82, 2.24) is 5.32 Å². The SMILES string of the molecule is O=C(c1cc(F)cc(F)c1)C1CC2CCC1N2. The van der Waals surface area contributed by atoms with Crippen molar-refractivity contribution in [3.05, 3.63) is 35.4 Å². The van der Waals surface area contributed by atoms with Crippen LogP contribution in [0.2, 0.25) is 0 Å². The van der Waals surface area contributed by atoms with Gasteiger partial charge in [0.05, 0.1) is 0 Å². The smallest absolute Gasteiger partial charge is 0.167 e. The van der Waals surface area contributed by atoms with Gasteiger partial charge in [0.1, 0.15) is 11.6 Å². The van der Waals surface area contributed by atoms with E-state index in [1.54, 1.807) is 0 Å². The summed E-state index contributed by atoms with van der Waals surface area (Å²) in [5, 5.41) is 3.35. The van der Waals surface area contributed by atoms with Crippen molar-refractivity contribution in [3.8, 4) is 0 Å². The van der Waals surface area contributed by atoms with Crippen molar-refractivity contribution in [2.75, 3.05) is 0 Å². The minimum absolute atomic E-state index is 0.116. The predicted octanol–water partition coefficient (Wildman–Crippen LogP) is 2.29. The summed E-state index contributed by atoms with van der Waals surface area (Å²) in [6, 6.07) is 3.64. The highest BCUT2D eigenvalue weighted by atomic mass is 19.1. The van der Waals surface area contributed by atoms with Gasteiger partial charge in [-0.05, 0) is 31.4 Å². The van der Waals surface area contributed by atoms with E-state index < -0.39 is 11.6 Å². The van der Waals surface area contributed by atoms with Crippen molar-refractivity contribution >= 4 is 5.78 Å². The Morgan fingerprint density at radius 1 is 1.18 bits per heavy atom. The zero-order valence-electron chi connectivity index (χ0n) is 9.25. The van der Waals surface area contributed by atoms with Crippen LogP contribution in [0.3, 0.4) is 0 Å². The fourth-order valence-electron chi connectivity index (χ4n) is 3.02. The number of fused-ring (bicyclic) bond motifs is 2. The van der Waals surface area contributed by atoms with E-state index in [0.29, 0.717) is 6.04 Å². The molecule has 90 valence electrons. The molecular formula is C13H13F2NO. The topological polar surface area (TPSA) is 29.1 Å². The average Bonchev–Trinajstić information content (AvgIpc) is 2.88. The number of ketones is 1. The largest absolute Gasteiger partial charge is 0.310 e. The molecule has 4 heteroatoms. The molecule has 0 aliphatic carbocycles. The van der Waals surface area contributed by atoms with Gasteiger partial charge in [-0.2, -0.15) is 0 Å². The Morgan fingerprint density at radius 3 is 2.41 bits per heavy atom. The molecule has 2 heterocycles. The quantitative estimate of drug-likeness (QED) is 0.799. The van der Waals surface area contributed by atoms with Crippen LogP contribution in [0.4, 0.5) is 8.78 Å². The summed E-state index contributed by atoms with van der Waals surface area (Å²) >= 11 is 0. The molecule has 0 radical (unpaired) electrons. The molecule has 2 fully saturated rings. The first-order valence-electron chi connectivity index (χ1n) is 5.90. The third-order valence-corrected chi connectivity index (χ3v) is 3.78. The Balaban J connectivity index is 1.86. The highest BCUT2D eigenvalue weighted by molar-refractivity contribution is 5.98. The number of carbonyl (C=O) groups is 1. The molecule has 1 aromatic rings. The third-order valence-electron chi connectivity index (χ3n) is 3.78. The summed E-state index contributed by atoms with van der Waals surface area (Å²) in [4.78, 5) is 12.2. The number of benzene rings is 1. The highest BCUT2D eigenvalue weighted by Crippen LogP contribution is 2.35. The van der Waals surface area contributed by atoms with Gasteiger partial charge in [0, 0.05) is 29.6 Å². The molecule has 1 N–H and O–H groups in total. The first-order chi connectivity index (χ1) is 8.13. The molecule has 2 bridgehead atoms. The van der Waals surface area contributed by atoms with Gasteiger partial charge >= 0.3 is 0 Å². The number of Topliss-reactive ketones (excluding diaryl/α,β-unsaturated/α-hetero) is 1. The number of halogens is 2. The lowest BCUT2D eigenvalue weighted by Gasteiger charge is -2.18. The molecule has 17 heavy (non-hydrogen) atoms. The Morgan fingerprint density at radius 2 is 1.88 bits per heavy atom. The zero-order chi connectivity index (χ0) is 12.0. The summed E-state index contributed by atoms with van der Waals surface area (Å²) in [7, 11) is 0. The van der Waals surface area contributed by atoms with E-state index in [2.05, 4.69) is 5.32 Å². The van der Waals surface area contributed by atoms with Gasteiger partial charge in [0.25, 0.3) is 0 Å². The van der Waals surface area contributed by atoms with E-state index in [4.69, 9.17) is 0 Å². The van der Waals surface area contributed by atoms with E-state index in [0.717, 1.165) is 37.5 Å². The molecule has 0 amide bonds. The minimum Gasteiger partial charge on any atom is -0.310 e. The highest BCUT2D eigenvalue weighted by Gasteiger charge is 2.42. The van der Waals surface area contributed by atoms with Crippen LogP contribution in [0.5, 0.6) is 0 Å². The van der Waals surface area contributed by atoms with Gasteiger partial charge in [-0.15, -0.1) is 0 Å². The van der Waals surface area contributed by atoms with E-state index in [9.17, 15) is 13.6 Å². The second kappa shape index (κ2) is 3.88. The number of rotatable bonds is 2. The Bertz CT molecular complexity index is 454. The van der Waals surface area contributed by atoms with Gasteiger partial charge < -0.3 is 5.32 Å². The van der Waals surface area contributed by atoms with Crippen LogP contribution in [0.15, 0.2) is 18.2 Å². The number of nitrogens with one attached hydrogen (secondary N) is 1. The fraction of sp³-hybridized carbons (Fsp3) is 0.462. The van der Waals surface area contributed by atoms with E-state index >= 15 is 0 Å². The number of hydrogen-bond acceptors (Lipinski definition) is 2. The molecule has 2 nitrogen and oxygen atoms in total. The summed E-state index contributed by atoms with van der Waals surface area (Å²) < 4.78 is 26.1. The second-order valence-electron chi connectivity index (χ2n) is 4.91. The van der Waals surface area contributed by atoms with Gasteiger partial charge in [-0.25, -0.2) is 8.78 Å². The lowest BCUT2D eigenvalue weighted by Crippen LogP contribution is -2.28. The monoisotopic (exact) mass is 237 g/mol. The number of hydrogen-bond donors (Lipinski definition) is 1. The molecule has 3 atom stereocenters. The molecule has 0 saturated carbocycles. The maximum absolute atomic E-state index is 13.1. The Hall–Kier alpha value is -1.29. The molecule has 0 spiro atoms.